The van der Waals surface area contributed by atoms with E-state index in [2.05, 4.69) is 6.08 Å². The lowest BCUT2D eigenvalue weighted by Crippen LogP contribution is -2.23. The first-order chi connectivity index (χ1) is 16.5. The number of para-hydroxylation sites is 1. The van der Waals surface area contributed by atoms with Crippen molar-refractivity contribution in [1.82, 2.24) is 4.98 Å². The van der Waals surface area contributed by atoms with E-state index in [1.807, 2.05) is 42.5 Å². The van der Waals surface area contributed by atoms with E-state index in [-0.39, 0.29) is 6.10 Å². The molecule has 1 saturated heterocycles. The average Bonchev–Trinajstić information content (AvgIpc) is 3.38. The maximum Gasteiger partial charge on any atom is 0.347 e. The van der Waals surface area contributed by atoms with Gasteiger partial charge in [0.1, 0.15) is 6.10 Å². The van der Waals surface area contributed by atoms with Gasteiger partial charge in [0.25, 0.3) is 0 Å². The summed E-state index contributed by atoms with van der Waals surface area (Å²) in [6.07, 6.45) is 2.66. The van der Waals surface area contributed by atoms with Crippen LogP contribution in [-0.2, 0) is 20.7 Å². The number of allylic oxidation sites excluding steroid dienone is 1. The van der Waals surface area contributed by atoms with Crippen LogP contribution in [0.15, 0.2) is 42.5 Å². The Morgan fingerprint density at radius 3 is 2.62 bits per heavy atom. The fraction of sp³-hybridized carbons (Fsp3) is 0.296. The molecule has 5 rings (SSSR count). The Bertz CT molecular complexity index is 1330. The van der Waals surface area contributed by atoms with Gasteiger partial charge in [0.2, 0.25) is 6.10 Å². The molecule has 34 heavy (non-hydrogen) atoms. The highest BCUT2D eigenvalue weighted by molar-refractivity contribution is 6.07. The van der Waals surface area contributed by atoms with Crippen molar-refractivity contribution in [2.45, 2.75) is 38.4 Å². The molecule has 7 heteroatoms. The van der Waals surface area contributed by atoms with Crippen LogP contribution in [0.5, 0.6) is 11.5 Å². The van der Waals surface area contributed by atoms with Crippen LogP contribution in [0.25, 0.3) is 22.6 Å². The smallest absolute Gasteiger partial charge is 0.347 e. The Kier molecular flexibility index (Phi) is 5.69. The number of esters is 2. The minimum atomic E-state index is -0.881. The second kappa shape index (κ2) is 8.82. The van der Waals surface area contributed by atoms with Gasteiger partial charge in [-0.05, 0) is 60.7 Å². The van der Waals surface area contributed by atoms with Crippen molar-refractivity contribution in [2.24, 2.45) is 0 Å². The van der Waals surface area contributed by atoms with Crippen LogP contribution in [0.4, 0.5) is 0 Å². The first-order valence-corrected chi connectivity index (χ1v) is 11.2. The summed E-state index contributed by atoms with van der Waals surface area (Å²) < 4.78 is 21.5. The summed E-state index contributed by atoms with van der Waals surface area (Å²) in [5, 5.41) is 0.720. The minimum Gasteiger partial charge on any atom is -0.493 e. The summed E-state index contributed by atoms with van der Waals surface area (Å²) in [5.74, 6) is 0.289. The first-order valence-electron chi connectivity index (χ1n) is 11.2. The molecule has 1 fully saturated rings. The summed E-state index contributed by atoms with van der Waals surface area (Å²) in [5.41, 5.74) is 4.77. The second-order valence-electron chi connectivity index (χ2n) is 8.49. The van der Waals surface area contributed by atoms with E-state index in [1.165, 1.54) is 0 Å². The van der Waals surface area contributed by atoms with Crippen molar-refractivity contribution in [1.29, 1.82) is 0 Å². The topological polar surface area (TPSA) is 84.0 Å². The highest BCUT2D eigenvalue weighted by Gasteiger charge is 2.37. The van der Waals surface area contributed by atoms with Crippen molar-refractivity contribution in [2.75, 3.05) is 14.2 Å². The molecule has 1 aliphatic carbocycles. The monoisotopic (exact) mass is 459 g/mol. The van der Waals surface area contributed by atoms with Gasteiger partial charge in [-0.3, -0.25) is 0 Å². The van der Waals surface area contributed by atoms with Crippen molar-refractivity contribution in [3.63, 3.8) is 0 Å². The van der Waals surface area contributed by atoms with Crippen LogP contribution in [0, 0.1) is 0 Å². The first kappa shape index (κ1) is 21.9. The molecule has 7 nitrogen and oxygen atoms in total. The summed E-state index contributed by atoms with van der Waals surface area (Å²) in [7, 11) is 3.21. The van der Waals surface area contributed by atoms with Gasteiger partial charge < -0.3 is 18.9 Å². The van der Waals surface area contributed by atoms with E-state index in [4.69, 9.17) is 23.9 Å². The van der Waals surface area contributed by atoms with Crippen LogP contribution in [0.2, 0.25) is 0 Å². The second-order valence-corrected chi connectivity index (χ2v) is 8.49. The van der Waals surface area contributed by atoms with Gasteiger partial charge in [0.15, 0.2) is 11.5 Å². The predicted molar refractivity (Wildman–Crippen MR) is 127 cm³/mol. The number of hydrogen-bond donors (Lipinski definition) is 0. The highest BCUT2D eigenvalue weighted by atomic mass is 16.6. The molecule has 2 atom stereocenters. The van der Waals surface area contributed by atoms with Gasteiger partial charge >= 0.3 is 11.9 Å². The van der Waals surface area contributed by atoms with Crippen LogP contribution in [0.1, 0.15) is 46.9 Å². The number of fused-ring (bicyclic) bond motifs is 2. The van der Waals surface area contributed by atoms with Gasteiger partial charge in [-0.15, -0.1) is 0 Å². The number of aromatic nitrogens is 1. The Morgan fingerprint density at radius 2 is 1.88 bits per heavy atom. The van der Waals surface area contributed by atoms with Crippen LogP contribution >= 0.6 is 0 Å². The fourth-order valence-corrected chi connectivity index (χ4v) is 4.66. The number of carbonyl (C=O) groups is 2. The summed E-state index contributed by atoms with van der Waals surface area (Å²) >= 11 is 0. The van der Waals surface area contributed by atoms with E-state index < -0.39 is 18.0 Å². The summed E-state index contributed by atoms with van der Waals surface area (Å²) in [6.45, 7) is 1.79. The number of hydrogen-bond acceptors (Lipinski definition) is 7. The molecule has 1 aromatic heterocycles. The molecule has 2 aromatic carbocycles. The van der Waals surface area contributed by atoms with E-state index in [0.29, 0.717) is 35.4 Å². The molecule has 1 aliphatic heterocycles. The molecule has 0 saturated carbocycles. The number of ether oxygens (including phenoxy) is 4. The molecule has 2 unspecified atom stereocenters. The fourth-order valence-electron chi connectivity index (χ4n) is 4.66. The van der Waals surface area contributed by atoms with Gasteiger partial charge in [0, 0.05) is 11.8 Å². The molecule has 3 aromatic rings. The zero-order valence-corrected chi connectivity index (χ0v) is 19.3. The van der Waals surface area contributed by atoms with Crippen LogP contribution < -0.4 is 9.47 Å². The van der Waals surface area contributed by atoms with E-state index in [9.17, 15) is 9.59 Å². The number of nitrogens with zero attached hydrogens (tertiary/aromatic N) is 1. The molecular formula is C27H25NO6. The summed E-state index contributed by atoms with van der Waals surface area (Å²) in [6, 6.07) is 13.2. The zero-order valence-electron chi connectivity index (χ0n) is 19.3. The molecule has 0 N–H and O–H groups in total. The Labute approximate surface area is 197 Å². The molecule has 174 valence electrons. The number of carbonyl (C=O) groups excluding carboxylic acids is 2. The highest BCUT2D eigenvalue weighted by Crippen LogP contribution is 2.39. The largest absolute Gasteiger partial charge is 0.493 e. The Hall–Kier alpha value is -3.87. The number of benzene rings is 2. The Balaban J connectivity index is 1.57. The maximum absolute atomic E-state index is 13.3. The molecule has 2 aliphatic rings. The lowest BCUT2D eigenvalue weighted by Gasteiger charge is -2.14. The molecule has 0 amide bonds. The molecule has 0 spiro atoms. The molecular weight excluding hydrogens is 434 g/mol. The average molecular weight is 459 g/mol. The summed E-state index contributed by atoms with van der Waals surface area (Å²) in [4.78, 5) is 30.3. The van der Waals surface area contributed by atoms with Crippen LogP contribution in [-0.4, -0.2) is 43.4 Å². The molecule has 0 radical (unpaired) electrons. The lowest BCUT2D eigenvalue weighted by molar-refractivity contribution is -0.147. The molecule has 0 bridgehead atoms. The Morgan fingerprint density at radius 1 is 1.09 bits per heavy atom. The van der Waals surface area contributed by atoms with E-state index >= 15 is 0 Å². The predicted octanol–water partition coefficient (Wildman–Crippen LogP) is 4.60. The van der Waals surface area contributed by atoms with Crippen molar-refractivity contribution < 1.29 is 28.5 Å². The van der Waals surface area contributed by atoms with E-state index in [1.54, 1.807) is 21.1 Å². The van der Waals surface area contributed by atoms with Crippen LogP contribution in [0.3, 0.4) is 0 Å². The zero-order chi connectivity index (χ0) is 23.8. The third-order valence-electron chi connectivity index (χ3n) is 6.27. The number of pyridine rings is 1. The van der Waals surface area contributed by atoms with Gasteiger partial charge in [-0.1, -0.05) is 24.3 Å². The standard InChI is InChI=1S/C27H25NO6/c1-15-12-23(26(29)33-15)34-27(30)24-18-6-4-5-7-20(18)28-25-17(9-10-19(24)25)13-16-8-11-21(31-2)22(14-16)32-3/h4-8,11,13-15,23H,9-10,12H2,1-3H3/b17-13+. The van der Waals surface area contributed by atoms with Crippen molar-refractivity contribution in [3.8, 4) is 11.5 Å². The number of methoxy groups -OCH3 is 2. The lowest BCUT2D eigenvalue weighted by atomic mass is 10.0. The van der Waals surface area contributed by atoms with Crippen molar-refractivity contribution in [3.05, 3.63) is 64.8 Å². The van der Waals surface area contributed by atoms with Crippen molar-refractivity contribution >= 4 is 34.5 Å². The van der Waals surface area contributed by atoms with Gasteiger partial charge in [0.05, 0.1) is 31.0 Å². The number of cyclic esters (lactones) is 1. The third-order valence-corrected chi connectivity index (χ3v) is 6.27. The normalized spacial score (nSPS) is 20.3. The SMILES string of the molecule is COc1ccc(/C=C2\CCc3c2nc2ccccc2c3C(=O)OC2CC(C)OC2=O)cc1OC. The van der Waals surface area contributed by atoms with E-state index in [0.717, 1.165) is 34.2 Å². The van der Waals surface area contributed by atoms with Gasteiger partial charge in [-0.25, -0.2) is 14.6 Å². The third kappa shape index (κ3) is 3.87. The van der Waals surface area contributed by atoms with Gasteiger partial charge in [-0.2, -0.15) is 0 Å². The molecule has 2 heterocycles. The minimum absolute atomic E-state index is 0.263. The quantitative estimate of drug-likeness (QED) is 0.516. The maximum atomic E-state index is 13.3. The number of rotatable bonds is 5.